The maximum Gasteiger partial charge on any atom is 0.0439 e. The summed E-state index contributed by atoms with van der Waals surface area (Å²) in [6, 6.07) is 5.89. The highest BCUT2D eigenvalue weighted by Crippen LogP contribution is 2.56. The van der Waals surface area contributed by atoms with Crippen LogP contribution >= 0.6 is 23.2 Å². The van der Waals surface area contributed by atoms with Gasteiger partial charge in [-0.25, -0.2) is 0 Å². The molecule has 2 N–H and O–H groups in total. The molecule has 2 aliphatic carbocycles. The van der Waals surface area contributed by atoms with Gasteiger partial charge in [0.1, 0.15) is 0 Å². The quantitative estimate of drug-likeness (QED) is 0.880. The van der Waals surface area contributed by atoms with E-state index in [1.165, 1.54) is 25.7 Å². The summed E-state index contributed by atoms with van der Waals surface area (Å²) in [5, 5.41) is 1.54. The van der Waals surface area contributed by atoms with E-state index in [0.29, 0.717) is 0 Å². The van der Waals surface area contributed by atoms with Gasteiger partial charge in [0.05, 0.1) is 0 Å². The summed E-state index contributed by atoms with van der Waals surface area (Å²) in [4.78, 5) is 0. The van der Waals surface area contributed by atoms with Crippen molar-refractivity contribution in [3.63, 3.8) is 0 Å². The van der Waals surface area contributed by atoms with Crippen molar-refractivity contribution in [1.82, 2.24) is 0 Å². The molecule has 3 rings (SSSR count). The first-order chi connectivity index (χ1) is 8.66. The minimum Gasteiger partial charge on any atom is -0.327 e. The van der Waals surface area contributed by atoms with Gasteiger partial charge in [-0.3, -0.25) is 0 Å². The molecule has 0 heterocycles. The third-order valence-corrected chi connectivity index (χ3v) is 5.28. The molecule has 0 saturated heterocycles. The molecule has 1 nitrogen and oxygen atoms in total. The first-order valence-electron chi connectivity index (χ1n) is 6.86. The Hall–Kier alpha value is -0.240. The van der Waals surface area contributed by atoms with Crippen molar-refractivity contribution in [2.24, 2.45) is 23.5 Å². The van der Waals surface area contributed by atoms with Crippen molar-refractivity contribution in [3.8, 4) is 0 Å². The predicted octanol–water partition coefficient (Wildman–Crippen LogP) is 4.30. The number of nitrogens with two attached hydrogens (primary N) is 1. The minimum absolute atomic E-state index is 0.245. The Bertz CT molecular complexity index is 434. The number of benzene rings is 1. The van der Waals surface area contributed by atoms with Crippen LogP contribution in [0.1, 0.15) is 31.2 Å². The molecule has 0 aliphatic heterocycles. The van der Waals surface area contributed by atoms with E-state index in [4.69, 9.17) is 28.9 Å². The van der Waals surface area contributed by atoms with E-state index in [1.807, 2.05) is 18.2 Å². The Morgan fingerprint density at radius 1 is 1.17 bits per heavy atom. The summed E-state index contributed by atoms with van der Waals surface area (Å²) < 4.78 is 0. The Morgan fingerprint density at radius 2 is 1.83 bits per heavy atom. The number of rotatable bonds is 3. The molecule has 2 aliphatic rings. The molecule has 0 amide bonds. The van der Waals surface area contributed by atoms with Crippen LogP contribution in [0.25, 0.3) is 0 Å². The van der Waals surface area contributed by atoms with Gasteiger partial charge in [0.2, 0.25) is 0 Å². The van der Waals surface area contributed by atoms with Crippen molar-refractivity contribution in [1.29, 1.82) is 0 Å². The average molecular weight is 284 g/mol. The number of hydrogen-bond donors (Lipinski definition) is 1. The van der Waals surface area contributed by atoms with E-state index < -0.39 is 0 Å². The van der Waals surface area contributed by atoms with Crippen LogP contribution < -0.4 is 5.73 Å². The van der Waals surface area contributed by atoms with Crippen molar-refractivity contribution >= 4 is 23.2 Å². The summed E-state index contributed by atoms with van der Waals surface area (Å²) in [6.45, 7) is 0. The highest BCUT2D eigenvalue weighted by atomic mass is 35.5. The molecule has 2 saturated carbocycles. The number of fused-ring (bicyclic) bond motifs is 1. The van der Waals surface area contributed by atoms with E-state index in [1.54, 1.807) is 0 Å². The maximum absolute atomic E-state index is 6.39. The number of hydrogen-bond acceptors (Lipinski definition) is 1. The van der Waals surface area contributed by atoms with Gasteiger partial charge >= 0.3 is 0 Å². The lowest BCUT2D eigenvalue weighted by Gasteiger charge is -2.13. The Balaban J connectivity index is 1.67. The van der Waals surface area contributed by atoms with Gasteiger partial charge < -0.3 is 5.73 Å². The summed E-state index contributed by atoms with van der Waals surface area (Å²) in [7, 11) is 0. The first kappa shape index (κ1) is 12.8. The predicted molar refractivity (Wildman–Crippen MR) is 77.1 cm³/mol. The fourth-order valence-electron chi connectivity index (χ4n) is 3.77. The van der Waals surface area contributed by atoms with Crippen molar-refractivity contribution in [2.75, 3.05) is 0 Å². The van der Waals surface area contributed by atoms with E-state index >= 15 is 0 Å². The van der Waals surface area contributed by atoms with Crippen molar-refractivity contribution in [2.45, 2.75) is 38.1 Å². The first-order valence-corrected chi connectivity index (χ1v) is 7.62. The second-order valence-electron chi connectivity index (χ2n) is 5.79. The normalized spacial score (nSPS) is 31.8. The zero-order valence-electron chi connectivity index (χ0n) is 10.4. The third-order valence-electron chi connectivity index (χ3n) is 4.68. The van der Waals surface area contributed by atoms with E-state index in [-0.39, 0.29) is 6.04 Å². The van der Waals surface area contributed by atoms with Crippen LogP contribution in [0.2, 0.25) is 10.0 Å². The summed E-state index contributed by atoms with van der Waals surface area (Å²) >= 11 is 12.2. The minimum atomic E-state index is 0.245. The van der Waals surface area contributed by atoms with Gasteiger partial charge in [-0.2, -0.15) is 0 Å². The number of halogens is 2. The average Bonchev–Trinajstić information content (AvgIpc) is 3.08. The molecule has 1 aromatic carbocycles. The highest BCUT2D eigenvalue weighted by molar-refractivity contribution is 6.33. The second kappa shape index (κ2) is 5.03. The smallest absolute Gasteiger partial charge is 0.0439 e. The Labute approximate surface area is 119 Å². The van der Waals surface area contributed by atoms with Crippen LogP contribution in [-0.2, 0) is 6.42 Å². The molecule has 0 bridgehead atoms. The standard InChI is InChI=1S/C15H19Cl2N/c16-10-5-6-13(17)9(7-10)8-14(18)15-11-3-1-2-4-12(11)15/h5-7,11-12,14-15H,1-4,8,18H2. The summed E-state index contributed by atoms with van der Waals surface area (Å²) in [5.41, 5.74) is 7.49. The van der Waals surface area contributed by atoms with Crippen LogP contribution in [0.3, 0.4) is 0 Å². The molecule has 3 heteroatoms. The molecule has 98 valence electrons. The van der Waals surface area contributed by atoms with Gasteiger partial charge in [-0.15, -0.1) is 0 Å². The van der Waals surface area contributed by atoms with Gasteiger partial charge in [0, 0.05) is 16.1 Å². The Morgan fingerprint density at radius 3 is 2.50 bits per heavy atom. The lowest BCUT2D eigenvalue weighted by Crippen LogP contribution is -2.27. The van der Waals surface area contributed by atoms with Crippen LogP contribution in [0.4, 0.5) is 0 Å². The fourth-order valence-corrected chi connectivity index (χ4v) is 4.16. The van der Waals surface area contributed by atoms with E-state index in [2.05, 4.69) is 0 Å². The topological polar surface area (TPSA) is 26.0 Å². The molecule has 0 aromatic heterocycles. The lowest BCUT2D eigenvalue weighted by molar-refractivity contribution is 0.480. The molecule has 1 aromatic rings. The molecular formula is C15H19Cl2N. The van der Waals surface area contributed by atoms with Crippen molar-refractivity contribution in [3.05, 3.63) is 33.8 Å². The molecule has 3 unspecified atom stereocenters. The van der Waals surface area contributed by atoms with Crippen LogP contribution in [0.5, 0.6) is 0 Å². The van der Waals surface area contributed by atoms with E-state index in [9.17, 15) is 0 Å². The molecule has 0 spiro atoms. The molecule has 0 radical (unpaired) electrons. The fraction of sp³-hybridized carbons (Fsp3) is 0.600. The summed E-state index contributed by atoms with van der Waals surface area (Å²) in [6.07, 6.45) is 6.40. The molecule has 2 fully saturated rings. The Kier molecular flexibility index (Phi) is 3.57. The SMILES string of the molecule is NC(Cc1cc(Cl)ccc1Cl)C1C2CCCCC21. The van der Waals surface area contributed by atoms with Crippen molar-refractivity contribution < 1.29 is 0 Å². The van der Waals surface area contributed by atoms with Gasteiger partial charge in [-0.05, 0) is 60.8 Å². The second-order valence-corrected chi connectivity index (χ2v) is 6.64. The molecular weight excluding hydrogens is 265 g/mol. The van der Waals surface area contributed by atoms with Gasteiger partial charge in [0.25, 0.3) is 0 Å². The monoisotopic (exact) mass is 283 g/mol. The lowest BCUT2D eigenvalue weighted by atomic mass is 10.0. The maximum atomic E-state index is 6.39. The highest BCUT2D eigenvalue weighted by Gasteiger charge is 2.52. The molecule has 18 heavy (non-hydrogen) atoms. The van der Waals surface area contributed by atoms with Crippen LogP contribution in [-0.4, -0.2) is 6.04 Å². The van der Waals surface area contributed by atoms with E-state index in [0.717, 1.165) is 39.8 Å². The third kappa shape index (κ3) is 2.41. The van der Waals surface area contributed by atoms with Gasteiger partial charge in [-0.1, -0.05) is 36.0 Å². The summed E-state index contributed by atoms with van der Waals surface area (Å²) in [5.74, 6) is 2.51. The zero-order chi connectivity index (χ0) is 12.7. The van der Waals surface area contributed by atoms with Gasteiger partial charge in [0.15, 0.2) is 0 Å². The molecule has 3 atom stereocenters. The van der Waals surface area contributed by atoms with Crippen LogP contribution in [0.15, 0.2) is 18.2 Å². The largest absolute Gasteiger partial charge is 0.327 e. The zero-order valence-corrected chi connectivity index (χ0v) is 11.9. The van der Waals surface area contributed by atoms with Crippen LogP contribution in [0, 0.1) is 17.8 Å².